The van der Waals surface area contributed by atoms with Crippen LogP contribution in [0.15, 0.2) is 18.6 Å². The first-order valence-electron chi connectivity index (χ1n) is 9.04. The normalized spacial score (nSPS) is 22.8. The fourth-order valence-corrected chi connectivity index (χ4v) is 3.88. The van der Waals surface area contributed by atoms with Gasteiger partial charge < -0.3 is 9.80 Å². The van der Waals surface area contributed by atoms with Crippen molar-refractivity contribution >= 4 is 11.7 Å². The van der Waals surface area contributed by atoms with Crippen molar-refractivity contribution in [1.82, 2.24) is 29.9 Å². The minimum Gasteiger partial charge on any atom is -0.356 e. The summed E-state index contributed by atoms with van der Waals surface area (Å²) < 4.78 is 1.56. The van der Waals surface area contributed by atoms with Crippen molar-refractivity contribution in [2.75, 3.05) is 31.1 Å². The summed E-state index contributed by atoms with van der Waals surface area (Å²) in [6, 6.07) is 2.10. The standard InChI is InChI=1S/C18H25N7O/c1-18(2,3)15-5-16(20-11-19-15)24-6-12-8-25(9-13(12)7-24)17(26)14-10-23(4)22-21-14/h5,10-13H,6-9H2,1-4H3. The Kier molecular flexibility index (Phi) is 3.93. The average molecular weight is 355 g/mol. The molecule has 26 heavy (non-hydrogen) atoms. The molecule has 2 atom stereocenters. The Hall–Kier alpha value is -2.51. The smallest absolute Gasteiger partial charge is 0.276 e. The maximum Gasteiger partial charge on any atom is 0.276 e. The van der Waals surface area contributed by atoms with Crippen molar-refractivity contribution in [2.24, 2.45) is 18.9 Å². The van der Waals surface area contributed by atoms with Crippen molar-refractivity contribution in [3.63, 3.8) is 0 Å². The molecule has 2 aromatic rings. The third-order valence-electron chi connectivity index (χ3n) is 5.34. The van der Waals surface area contributed by atoms with E-state index < -0.39 is 0 Å². The molecular formula is C18H25N7O. The molecule has 4 heterocycles. The Balaban J connectivity index is 1.43. The van der Waals surface area contributed by atoms with E-state index in [2.05, 4.69) is 52.0 Å². The molecule has 1 amide bonds. The summed E-state index contributed by atoms with van der Waals surface area (Å²) in [6.07, 6.45) is 3.34. The van der Waals surface area contributed by atoms with Crippen molar-refractivity contribution in [2.45, 2.75) is 26.2 Å². The number of anilines is 1. The van der Waals surface area contributed by atoms with Crippen LogP contribution in [0.2, 0.25) is 0 Å². The van der Waals surface area contributed by atoms with Crippen LogP contribution in [-0.4, -0.2) is 61.9 Å². The molecule has 0 aliphatic carbocycles. The summed E-state index contributed by atoms with van der Waals surface area (Å²) in [6.45, 7) is 9.88. The van der Waals surface area contributed by atoms with E-state index in [0.717, 1.165) is 37.7 Å². The Morgan fingerprint density at radius 1 is 1.12 bits per heavy atom. The van der Waals surface area contributed by atoms with Crippen LogP contribution in [0.4, 0.5) is 5.82 Å². The first-order chi connectivity index (χ1) is 12.3. The lowest BCUT2D eigenvalue weighted by Gasteiger charge is -2.24. The molecule has 138 valence electrons. The van der Waals surface area contributed by atoms with Crippen molar-refractivity contribution in [1.29, 1.82) is 0 Å². The summed E-state index contributed by atoms with van der Waals surface area (Å²) in [5, 5.41) is 7.80. The molecule has 2 saturated heterocycles. The molecule has 2 unspecified atom stereocenters. The van der Waals surface area contributed by atoms with E-state index in [1.54, 1.807) is 24.3 Å². The highest BCUT2D eigenvalue weighted by atomic mass is 16.2. The minimum absolute atomic E-state index is 0.00717. The number of aromatic nitrogens is 5. The SMILES string of the molecule is Cn1cc(C(=O)N2CC3CN(c4cc(C(C)(C)C)ncn4)CC3C2)nn1. The highest BCUT2D eigenvalue weighted by Crippen LogP contribution is 2.34. The number of nitrogens with zero attached hydrogens (tertiary/aromatic N) is 7. The summed E-state index contributed by atoms with van der Waals surface area (Å²) in [5.41, 5.74) is 1.49. The molecule has 0 N–H and O–H groups in total. The van der Waals surface area contributed by atoms with E-state index in [1.165, 1.54) is 0 Å². The van der Waals surface area contributed by atoms with Crippen LogP contribution in [0.5, 0.6) is 0 Å². The van der Waals surface area contributed by atoms with Crippen LogP contribution >= 0.6 is 0 Å². The fourth-order valence-electron chi connectivity index (χ4n) is 3.88. The van der Waals surface area contributed by atoms with Crippen molar-refractivity contribution in [3.05, 3.63) is 30.0 Å². The van der Waals surface area contributed by atoms with E-state index in [0.29, 0.717) is 17.5 Å². The van der Waals surface area contributed by atoms with Crippen LogP contribution < -0.4 is 4.90 Å². The summed E-state index contributed by atoms with van der Waals surface area (Å²) >= 11 is 0. The van der Waals surface area contributed by atoms with E-state index in [9.17, 15) is 4.79 Å². The molecule has 4 rings (SSSR count). The Bertz CT molecular complexity index is 811. The lowest BCUT2D eigenvalue weighted by atomic mass is 9.92. The molecule has 2 aromatic heterocycles. The van der Waals surface area contributed by atoms with Gasteiger partial charge in [0.2, 0.25) is 0 Å². The first kappa shape index (κ1) is 16.9. The molecule has 0 saturated carbocycles. The van der Waals surface area contributed by atoms with E-state index in [-0.39, 0.29) is 11.3 Å². The number of likely N-dealkylation sites (tertiary alicyclic amines) is 1. The Labute approximate surface area is 153 Å². The maximum atomic E-state index is 12.6. The van der Waals surface area contributed by atoms with Gasteiger partial charge in [-0.1, -0.05) is 26.0 Å². The monoisotopic (exact) mass is 355 g/mol. The van der Waals surface area contributed by atoms with Crippen LogP contribution in [0.25, 0.3) is 0 Å². The van der Waals surface area contributed by atoms with E-state index >= 15 is 0 Å². The molecule has 2 aliphatic rings. The topological polar surface area (TPSA) is 80.0 Å². The second kappa shape index (κ2) is 6.03. The number of aryl methyl sites for hydroxylation is 1. The van der Waals surface area contributed by atoms with Crippen LogP contribution in [0, 0.1) is 11.8 Å². The fraction of sp³-hybridized carbons (Fsp3) is 0.611. The number of carbonyl (C=O) groups excluding carboxylic acids is 1. The van der Waals surface area contributed by atoms with Crippen LogP contribution in [-0.2, 0) is 12.5 Å². The minimum atomic E-state index is -0.0175. The molecular weight excluding hydrogens is 330 g/mol. The molecule has 0 radical (unpaired) electrons. The molecule has 0 spiro atoms. The van der Waals surface area contributed by atoms with Crippen molar-refractivity contribution < 1.29 is 4.79 Å². The van der Waals surface area contributed by atoms with E-state index in [1.807, 2.05) is 4.90 Å². The second-order valence-corrected chi connectivity index (χ2v) is 8.42. The zero-order valence-electron chi connectivity index (χ0n) is 15.8. The summed E-state index contributed by atoms with van der Waals surface area (Å²) in [4.78, 5) is 25.7. The largest absolute Gasteiger partial charge is 0.356 e. The molecule has 8 nitrogen and oxygen atoms in total. The molecule has 2 fully saturated rings. The number of carbonyl (C=O) groups is 1. The Morgan fingerprint density at radius 2 is 1.81 bits per heavy atom. The summed E-state index contributed by atoms with van der Waals surface area (Å²) in [7, 11) is 1.77. The van der Waals surface area contributed by atoms with Gasteiger partial charge in [0.05, 0.1) is 11.9 Å². The predicted molar refractivity (Wildman–Crippen MR) is 96.8 cm³/mol. The molecule has 2 aliphatic heterocycles. The van der Waals surface area contributed by atoms with Gasteiger partial charge in [-0.05, 0) is 0 Å². The molecule has 0 bridgehead atoms. The van der Waals surface area contributed by atoms with Gasteiger partial charge in [-0.25, -0.2) is 9.97 Å². The van der Waals surface area contributed by atoms with E-state index in [4.69, 9.17) is 0 Å². The van der Waals surface area contributed by atoms with Gasteiger partial charge in [0.15, 0.2) is 5.69 Å². The highest BCUT2D eigenvalue weighted by molar-refractivity contribution is 5.92. The lowest BCUT2D eigenvalue weighted by Crippen LogP contribution is -2.33. The van der Waals surface area contributed by atoms with Crippen LogP contribution in [0.1, 0.15) is 37.0 Å². The van der Waals surface area contributed by atoms with Gasteiger partial charge in [0, 0.05) is 56.5 Å². The lowest BCUT2D eigenvalue weighted by molar-refractivity contribution is 0.0776. The maximum absolute atomic E-state index is 12.6. The molecule has 8 heteroatoms. The zero-order valence-corrected chi connectivity index (χ0v) is 15.8. The number of amides is 1. The second-order valence-electron chi connectivity index (χ2n) is 8.42. The molecule has 0 aromatic carbocycles. The third-order valence-corrected chi connectivity index (χ3v) is 5.34. The number of fused-ring (bicyclic) bond motifs is 1. The van der Waals surface area contributed by atoms with Crippen molar-refractivity contribution in [3.8, 4) is 0 Å². The van der Waals surface area contributed by atoms with Gasteiger partial charge >= 0.3 is 0 Å². The summed E-state index contributed by atoms with van der Waals surface area (Å²) in [5.74, 6) is 1.93. The van der Waals surface area contributed by atoms with Crippen LogP contribution in [0.3, 0.4) is 0 Å². The number of rotatable bonds is 2. The quantitative estimate of drug-likeness (QED) is 0.803. The van der Waals surface area contributed by atoms with Gasteiger partial charge in [-0.15, -0.1) is 5.10 Å². The van der Waals surface area contributed by atoms with Gasteiger partial charge in [0.1, 0.15) is 12.1 Å². The van der Waals surface area contributed by atoms with Gasteiger partial charge in [-0.3, -0.25) is 9.48 Å². The number of hydrogen-bond acceptors (Lipinski definition) is 6. The van der Waals surface area contributed by atoms with Gasteiger partial charge in [-0.2, -0.15) is 0 Å². The highest BCUT2D eigenvalue weighted by Gasteiger charge is 2.42. The predicted octanol–water partition coefficient (Wildman–Crippen LogP) is 1.11. The third kappa shape index (κ3) is 3.04. The average Bonchev–Trinajstić information content (AvgIpc) is 3.27. The number of hydrogen-bond donors (Lipinski definition) is 0. The van der Waals surface area contributed by atoms with Gasteiger partial charge in [0.25, 0.3) is 5.91 Å². The first-order valence-corrected chi connectivity index (χ1v) is 9.04. The zero-order chi connectivity index (χ0) is 18.5. The Morgan fingerprint density at radius 3 is 2.38 bits per heavy atom.